The van der Waals surface area contributed by atoms with Gasteiger partial charge >= 0.3 is 6.18 Å². The molecule has 0 heterocycles. The van der Waals surface area contributed by atoms with Crippen molar-refractivity contribution in [3.8, 4) is 0 Å². The Balaban J connectivity index is 3.10. The van der Waals surface area contributed by atoms with E-state index in [0.29, 0.717) is 4.47 Å². The molecule has 0 fully saturated rings. The van der Waals surface area contributed by atoms with Crippen LogP contribution in [-0.4, -0.2) is 4.83 Å². The smallest absolute Gasteiger partial charge is 0.166 e. The van der Waals surface area contributed by atoms with Crippen LogP contribution in [0.2, 0.25) is 0 Å². The van der Waals surface area contributed by atoms with Gasteiger partial charge in [-0.25, -0.2) is 0 Å². The van der Waals surface area contributed by atoms with Crippen LogP contribution >= 0.6 is 31.9 Å². The van der Waals surface area contributed by atoms with Crippen LogP contribution in [-0.2, 0) is 6.18 Å². The van der Waals surface area contributed by atoms with E-state index in [1.165, 1.54) is 6.07 Å². The molecule has 0 nitrogen and oxygen atoms in total. The third kappa shape index (κ3) is 3.23. The van der Waals surface area contributed by atoms with Crippen molar-refractivity contribution >= 4 is 31.9 Å². The van der Waals surface area contributed by atoms with E-state index < -0.39 is 11.7 Å². The molecule has 5 heteroatoms. The molecule has 90 valence electrons. The Bertz CT molecular complexity index is 372. The summed E-state index contributed by atoms with van der Waals surface area (Å²) in [5, 5.41) is 0. The normalized spacial score (nSPS) is 15.9. The Kier molecular flexibility index (Phi) is 4.46. The number of hydrogen-bond donors (Lipinski definition) is 0. The standard InChI is InChI=1S/C11H11Br2F3/c1-6(7(2)12)9-4-3-8(5-10(9)13)11(14,15)16/h3-7H,1-2H3. The van der Waals surface area contributed by atoms with Gasteiger partial charge < -0.3 is 0 Å². The van der Waals surface area contributed by atoms with Crippen molar-refractivity contribution in [3.05, 3.63) is 33.8 Å². The molecular formula is C11H11Br2F3. The largest absolute Gasteiger partial charge is 0.416 e. The van der Waals surface area contributed by atoms with Gasteiger partial charge in [0.15, 0.2) is 0 Å². The van der Waals surface area contributed by atoms with E-state index in [9.17, 15) is 13.2 Å². The van der Waals surface area contributed by atoms with Crippen LogP contribution in [0.1, 0.15) is 30.9 Å². The van der Waals surface area contributed by atoms with Crippen LogP contribution in [0.3, 0.4) is 0 Å². The lowest BCUT2D eigenvalue weighted by molar-refractivity contribution is -0.137. The Morgan fingerprint density at radius 3 is 2.12 bits per heavy atom. The quantitative estimate of drug-likeness (QED) is 0.624. The van der Waals surface area contributed by atoms with E-state index in [0.717, 1.165) is 17.7 Å². The van der Waals surface area contributed by atoms with Gasteiger partial charge in [0.1, 0.15) is 0 Å². The highest BCUT2D eigenvalue weighted by Gasteiger charge is 2.31. The molecule has 1 rings (SSSR count). The topological polar surface area (TPSA) is 0 Å². The van der Waals surface area contributed by atoms with Crippen LogP contribution in [0.4, 0.5) is 13.2 Å². The number of benzene rings is 1. The van der Waals surface area contributed by atoms with Gasteiger partial charge in [0, 0.05) is 9.30 Å². The lowest BCUT2D eigenvalue weighted by atomic mass is 9.97. The van der Waals surface area contributed by atoms with Gasteiger partial charge in [-0.3, -0.25) is 0 Å². The summed E-state index contributed by atoms with van der Waals surface area (Å²) in [7, 11) is 0. The minimum atomic E-state index is -4.29. The maximum absolute atomic E-state index is 12.4. The first kappa shape index (κ1) is 14.0. The molecule has 0 N–H and O–H groups in total. The van der Waals surface area contributed by atoms with Crippen molar-refractivity contribution in [3.63, 3.8) is 0 Å². The van der Waals surface area contributed by atoms with Gasteiger partial charge in [0.25, 0.3) is 0 Å². The molecule has 0 aromatic heterocycles. The van der Waals surface area contributed by atoms with Gasteiger partial charge in [-0.05, 0) is 23.6 Å². The molecule has 0 saturated heterocycles. The Labute approximate surface area is 109 Å². The van der Waals surface area contributed by atoms with Crippen molar-refractivity contribution in [2.24, 2.45) is 0 Å². The van der Waals surface area contributed by atoms with Gasteiger partial charge in [0.05, 0.1) is 5.56 Å². The van der Waals surface area contributed by atoms with Crippen LogP contribution in [0.25, 0.3) is 0 Å². The molecule has 0 saturated carbocycles. The van der Waals surface area contributed by atoms with Gasteiger partial charge in [-0.1, -0.05) is 51.8 Å². The van der Waals surface area contributed by atoms with E-state index in [2.05, 4.69) is 31.9 Å². The first-order chi connectivity index (χ1) is 7.23. The fourth-order valence-electron chi connectivity index (χ4n) is 1.32. The average molecular weight is 360 g/mol. The minimum Gasteiger partial charge on any atom is -0.166 e. The van der Waals surface area contributed by atoms with Crippen molar-refractivity contribution in [1.29, 1.82) is 0 Å². The van der Waals surface area contributed by atoms with E-state index in [1.54, 1.807) is 0 Å². The predicted molar refractivity (Wildman–Crippen MR) is 65.9 cm³/mol. The predicted octanol–water partition coefficient (Wildman–Crippen LogP) is 5.35. The minimum absolute atomic E-state index is 0.150. The summed E-state index contributed by atoms with van der Waals surface area (Å²) >= 11 is 6.61. The zero-order valence-electron chi connectivity index (χ0n) is 8.78. The van der Waals surface area contributed by atoms with Gasteiger partial charge in [-0.2, -0.15) is 13.2 Å². The Hall–Kier alpha value is -0.0300. The van der Waals surface area contributed by atoms with Crippen molar-refractivity contribution < 1.29 is 13.2 Å². The van der Waals surface area contributed by atoms with Gasteiger partial charge in [-0.15, -0.1) is 0 Å². The third-order valence-electron chi connectivity index (χ3n) is 2.51. The molecule has 1 aromatic rings. The zero-order chi connectivity index (χ0) is 12.5. The summed E-state index contributed by atoms with van der Waals surface area (Å²) in [4.78, 5) is 0.209. The molecule has 2 atom stereocenters. The van der Waals surface area contributed by atoms with Crippen LogP contribution < -0.4 is 0 Å². The van der Waals surface area contributed by atoms with Crippen LogP contribution in [0, 0.1) is 0 Å². The van der Waals surface area contributed by atoms with E-state index in [-0.39, 0.29) is 10.7 Å². The Morgan fingerprint density at radius 1 is 1.19 bits per heavy atom. The second-order valence-corrected chi connectivity index (χ2v) is 6.00. The second kappa shape index (κ2) is 5.08. The molecule has 0 spiro atoms. The summed E-state index contributed by atoms with van der Waals surface area (Å²) in [6.07, 6.45) is -4.29. The first-order valence-electron chi connectivity index (χ1n) is 4.74. The molecule has 0 aliphatic rings. The average Bonchev–Trinajstić information content (AvgIpc) is 2.15. The highest BCUT2D eigenvalue weighted by atomic mass is 79.9. The summed E-state index contributed by atoms with van der Waals surface area (Å²) in [6, 6.07) is 3.77. The lowest BCUT2D eigenvalue weighted by Crippen LogP contribution is -2.08. The molecule has 0 aliphatic carbocycles. The second-order valence-electron chi connectivity index (χ2n) is 3.70. The van der Waals surface area contributed by atoms with Crippen molar-refractivity contribution in [1.82, 2.24) is 0 Å². The third-order valence-corrected chi connectivity index (χ3v) is 3.99. The summed E-state index contributed by atoms with van der Waals surface area (Å²) < 4.78 is 37.8. The maximum atomic E-state index is 12.4. The molecule has 0 radical (unpaired) electrons. The molecular weight excluding hydrogens is 349 g/mol. The van der Waals surface area contributed by atoms with Crippen molar-refractivity contribution in [2.45, 2.75) is 30.8 Å². The fourth-order valence-corrected chi connectivity index (χ4v) is 2.34. The van der Waals surface area contributed by atoms with Crippen molar-refractivity contribution in [2.75, 3.05) is 0 Å². The van der Waals surface area contributed by atoms with E-state index in [4.69, 9.17) is 0 Å². The molecule has 0 bridgehead atoms. The van der Waals surface area contributed by atoms with E-state index >= 15 is 0 Å². The summed E-state index contributed by atoms with van der Waals surface area (Å²) in [5.74, 6) is 0.150. The number of hydrogen-bond acceptors (Lipinski definition) is 0. The highest BCUT2D eigenvalue weighted by Crippen LogP contribution is 2.36. The molecule has 2 unspecified atom stereocenters. The number of alkyl halides is 4. The van der Waals surface area contributed by atoms with Crippen LogP contribution in [0.15, 0.2) is 22.7 Å². The number of halogens is 5. The fraction of sp³-hybridized carbons (Fsp3) is 0.455. The first-order valence-corrected chi connectivity index (χ1v) is 6.45. The lowest BCUT2D eigenvalue weighted by Gasteiger charge is -2.17. The summed E-state index contributed by atoms with van der Waals surface area (Å²) in [6.45, 7) is 3.93. The monoisotopic (exact) mass is 358 g/mol. The molecule has 1 aromatic carbocycles. The number of rotatable bonds is 2. The molecule has 16 heavy (non-hydrogen) atoms. The zero-order valence-corrected chi connectivity index (χ0v) is 11.9. The SMILES string of the molecule is CC(Br)C(C)c1ccc(C(F)(F)F)cc1Br. The molecule has 0 aliphatic heterocycles. The maximum Gasteiger partial charge on any atom is 0.416 e. The molecule has 0 amide bonds. The van der Waals surface area contributed by atoms with Gasteiger partial charge in [0.2, 0.25) is 0 Å². The Morgan fingerprint density at radius 2 is 1.75 bits per heavy atom. The summed E-state index contributed by atoms with van der Waals surface area (Å²) in [5.41, 5.74) is 0.245. The van der Waals surface area contributed by atoms with E-state index in [1.807, 2.05) is 13.8 Å². The van der Waals surface area contributed by atoms with Crippen LogP contribution in [0.5, 0.6) is 0 Å². The highest BCUT2D eigenvalue weighted by molar-refractivity contribution is 9.10.